The lowest BCUT2D eigenvalue weighted by Crippen LogP contribution is -2.44. The highest BCUT2D eigenvalue weighted by Gasteiger charge is 2.26. The molecule has 0 aliphatic heterocycles. The second kappa shape index (κ2) is 5.35. The van der Waals surface area contributed by atoms with Crippen LogP contribution < -0.4 is 5.32 Å². The molecule has 1 amide bonds. The molecular formula is C13H18FNO3. The van der Waals surface area contributed by atoms with E-state index in [1.165, 1.54) is 0 Å². The number of carbonyl (C=O) groups excluding carboxylic acids is 1. The third kappa shape index (κ3) is 3.43. The van der Waals surface area contributed by atoms with Gasteiger partial charge in [0.25, 0.3) is 5.91 Å². The highest BCUT2D eigenvalue weighted by atomic mass is 19.1. The van der Waals surface area contributed by atoms with Crippen LogP contribution in [0, 0.1) is 11.7 Å². The Balaban J connectivity index is 2.75. The summed E-state index contributed by atoms with van der Waals surface area (Å²) < 4.78 is 13.0. The number of hydrogen-bond acceptors (Lipinski definition) is 3. The molecule has 100 valence electrons. The van der Waals surface area contributed by atoms with Crippen LogP contribution in [0.2, 0.25) is 0 Å². The van der Waals surface area contributed by atoms with E-state index in [4.69, 9.17) is 0 Å². The molecule has 3 N–H and O–H groups in total. The number of halogens is 1. The second-order valence-electron chi connectivity index (χ2n) is 4.86. The van der Waals surface area contributed by atoms with Crippen molar-refractivity contribution >= 4 is 5.91 Å². The Kier molecular flexibility index (Phi) is 4.29. The molecule has 0 saturated heterocycles. The van der Waals surface area contributed by atoms with Gasteiger partial charge in [0.1, 0.15) is 11.6 Å². The van der Waals surface area contributed by atoms with Crippen LogP contribution in [0.5, 0.6) is 5.75 Å². The van der Waals surface area contributed by atoms with Crippen molar-refractivity contribution in [3.05, 3.63) is 29.6 Å². The minimum absolute atomic E-state index is 0.0272. The summed E-state index contributed by atoms with van der Waals surface area (Å²) in [7, 11) is 0. The average molecular weight is 255 g/mol. The van der Waals surface area contributed by atoms with Gasteiger partial charge in [-0.05, 0) is 31.0 Å². The van der Waals surface area contributed by atoms with E-state index in [-0.39, 0.29) is 23.8 Å². The summed E-state index contributed by atoms with van der Waals surface area (Å²) in [6, 6.07) is 3.13. The van der Waals surface area contributed by atoms with Crippen molar-refractivity contribution < 1.29 is 19.4 Å². The quantitative estimate of drug-likeness (QED) is 0.766. The van der Waals surface area contributed by atoms with Gasteiger partial charge < -0.3 is 15.5 Å². The fraction of sp³-hybridized carbons (Fsp3) is 0.462. The first-order valence-electron chi connectivity index (χ1n) is 5.73. The SMILES string of the molecule is CC(C)C(C)(O)CNC(=O)c1cc(F)ccc1O. The minimum Gasteiger partial charge on any atom is -0.507 e. The Morgan fingerprint density at radius 2 is 2.11 bits per heavy atom. The van der Waals surface area contributed by atoms with E-state index >= 15 is 0 Å². The van der Waals surface area contributed by atoms with E-state index in [0.29, 0.717) is 0 Å². The van der Waals surface area contributed by atoms with Gasteiger partial charge in [0, 0.05) is 6.54 Å². The molecule has 0 heterocycles. The first kappa shape index (κ1) is 14.4. The lowest BCUT2D eigenvalue weighted by molar-refractivity contribution is 0.0142. The van der Waals surface area contributed by atoms with Crippen LogP contribution >= 0.6 is 0 Å². The summed E-state index contributed by atoms with van der Waals surface area (Å²) in [6.07, 6.45) is 0. The zero-order chi connectivity index (χ0) is 13.9. The monoisotopic (exact) mass is 255 g/mol. The van der Waals surface area contributed by atoms with Crippen LogP contribution in [0.4, 0.5) is 4.39 Å². The normalized spacial score (nSPS) is 14.3. The lowest BCUT2D eigenvalue weighted by atomic mass is 9.92. The second-order valence-corrected chi connectivity index (χ2v) is 4.86. The van der Waals surface area contributed by atoms with Gasteiger partial charge in [0.15, 0.2) is 0 Å². The van der Waals surface area contributed by atoms with Crippen LogP contribution in [-0.2, 0) is 0 Å². The van der Waals surface area contributed by atoms with Crippen molar-refractivity contribution in [1.82, 2.24) is 5.32 Å². The Labute approximate surface area is 105 Å². The number of hydrogen-bond donors (Lipinski definition) is 3. The first-order valence-corrected chi connectivity index (χ1v) is 5.73. The maximum absolute atomic E-state index is 13.0. The van der Waals surface area contributed by atoms with Gasteiger partial charge in [0.05, 0.1) is 11.2 Å². The van der Waals surface area contributed by atoms with Crippen molar-refractivity contribution in [2.45, 2.75) is 26.4 Å². The zero-order valence-electron chi connectivity index (χ0n) is 10.7. The predicted molar refractivity (Wildman–Crippen MR) is 65.9 cm³/mol. The highest BCUT2D eigenvalue weighted by Crippen LogP contribution is 2.19. The number of benzene rings is 1. The third-order valence-corrected chi connectivity index (χ3v) is 3.05. The van der Waals surface area contributed by atoms with Crippen LogP contribution in [-0.4, -0.2) is 28.3 Å². The fourth-order valence-electron chi connectivity index (χ4n) is 1.25. The van der Waals surface area contributed by atoms with Crippen molar-refractivity contribution in [3.8, 4) is 5.75 Å². The first-order chi connectivity index (χ1) is 8.24. The van der Waals surface area contributed by atoms with Crippen molar-refractivity contribution in [3.63, 3.8) is 0 Å². The van der Waals surface area contributed by atoms with Gasteiger partial charge in [-0.25, -0.2) is 4.39 Å². The maximum atomic E-state index is 13.0. The Morgan fingerprint density at radius 1 is 1.50 bits per heavy atom. The molecule has 1 aromatic carbocycles. The topological polar surface area (TPSA) is 69.6 Å². The van der Waals surface area contributed by atoms with Crippen molar-refractivity contribution in [2.24, 2.45) is 5.92 Å². The van der Waals surface area contributed by atoms with Gasteiger partial charge in [-0.2, -0.15) is 0 Å². The Hall–Kier alpha value is -1.62. The van der Waals surface area contributed by atoms with Gasteiger partial charge >= 0.3 is 0 Å². The number of rotatable bonds is 4. The summed E-state index contributed by atoms with van der Waals surface area (Å²) in [5.74, 6) is -1.56. The highest BCUT2D eigenvalue weighted by molar-refractivity contribution is 5.96. The molecule has 5 heteroatoms. The van der Waals surface area contributed by atoms with E-state index in [2.05, 4.69) is 5.32 Å². The number of nitrogens with one attached hydrogen (secondary N) is 1. The summed E-state index contributed by atoms with van der Waals surface area (Å²) in [5, 5.41) is 21.9. The van der Waals surface area contributed by atoms with Gasteiger partial charge in [-0.3, -0.25) is 4.79 Å². The smallest absolute Gasteiger partial charge is 0.255 e. The number of amides is 1. The van der Waals surface area contributed by atoms with E-state index in [1.807, 2.05) is 13.8 Å². The summed E-state index contributed by atoms with van der Waals surface area (Å²) in [5.41, 5.74) is -1.20. The van der Waals surface area contributed by atoms with Crippen LogP contribution in [0.25, 0.3) is 0 Å². The number of phenols is 1. The molecule has 1 atom stereocenters. The molecule has 0 saturated carbocycles. The fourth-order valence-corrected chi connectivity index (χ4v) is 1.25. The summed E-state index contributed by atoms with van der Waals surface area (Å²) in [6.45, 7) is 5.28. The molecule has 4 nitrogen and oxygen atoms in total. The largest absolute Gasteiger partial charge is 0.507 e. The molecule has 0 radical (unpaired) electrons. The molecule has 1 unspecified atom stereocenters. The number of aliphatic hydroxyl groups is 1. The third-order valence-electron chi connectivity index (χ3n) is 3.05. The molecule has 0 aromatic heterocycles. The molecule has 0 spiro atoms. The van der Waals surface area contributed by atoms with Crippen LogP contribution in [0.1, 0.15) is 31.1 Å². The van der Waals surface area contributed by atoms with Crippen molar-refractivity contribution in [1.29, 1.82) is 0 Å². The zero-order valence-corrected chi connectivity index (χ0v) is 10.7. The van der Waals surface area contributed by atoms with Crippen molar-refractivity contribution in [2.75, 3.05) is 6.54 Å². The molecule has 0 bridgehead atoms. The predicted octanol–water partition coefficient (Wildman–Crippen LogP) is 1.67. The average Bonchev–Trinajstić information content (AvgIpc) is 2.29. The molecule has 0 aliphatic carbocycles. The van der Waals surface area contributed by atoms with Gasteiger partial charge in [0.2, 0.25) is 0 Å². The molecule has 1 aromatic rings. The van der Waals surface area contributed by atoms with E-state index in [0.717, 1.165) is 18.2 Å². The van der Waals surface area contributed by atoms with E-state index in [9.17, 15) is 19.4 Å². The lowest BCUT2D eigenvalue weighted by Gasteiger charge is -2.27. The molecule has 1 rings (SSSR count). The standard InChI is InChI=1S/C13H18FNO3/c1-8(2)13(3,18)7-15-12(17)10-6-9(14)4-5-11(10)16/h4-6,8,16,18H,7H2,1-3H3,(H,15,17). The number of aromatic hydroxyl groups is 1. The van der Waals surface area contributed by atoms with Crippen LogP contribution in [0.3, 0.4) is 0 Å². The molecular weight excluding hydrogens is 237 g/mol. The van der Waals surface area contributed by atoms with E-state index < -0.39 is 17.3 Å². The van der Waals surface area contributed by atoms with Gasteiger partial charge in [-0.15, -0.1) is 0 Å². The molecule has 0 aliphatic rings. The minimum atomic E-state index is -1.06. The molecule has 0 fully saturated rings. The van der Waals surface area contributed by atoms with Gasteiger partial charge in [-0.1, -0.05) is 13.8 Å². The molecule has 18 heavy (non-hydrogen) atoms. The van der Waals surface area contributed by atoms with Crippen LogP contribution in [0.15, 0.2) is 18.2 Å². The van der Waals surface area contributed by atoms with E-state index in [1.54, 1.807) is 6.92 Å². The maximum Gasteiger partial charge on any atom is 0.255 e. The summed E-state index contributed by atoms with van der Waals surface area (Å²) >= 11 is 0. The Bertz CT molecular complexity index is 444. The Morgan fingerprint density at radius 3 is 2.67 bits per heavy atom. The summed E-state index contributed by atoms with van der Waals surface area (Å²) in [4.78, 5) is 11.7. The number of phenolic OH excluding ortho intramolecular Hbond substituents is 1. The number of carbonyl (C=O) groups is 1.